The molecule has 0 atom stereocenters. The zero-order chi connectivity index (χ0) is 12.5. The van der Waals surface area contributed by atoms with Gasteiger partial charge in [0.2, 0.25) is 0 Å². The Morgan fingerprint density at radius 2 is 1.82 bits per heavy atom. The number of halogens is 4. The molecule has 0 fully saturated rings. The van der Waals surface area contributed by atoms with Crippen LogP contribution in [-0.2, 0) is 12.1 Å². The fraction of sp³-hybridized carbons (Fsp3) is 0.200. The van der Waals surface area contributed by atoms with E-state index in [1.807, 2.05) is 0 Å². The molecule has 2 aromatic rings. The zero-order valence-electron chi connectivity index (χ0n) is 8.45. The number of benzene rings is 1. The highest BCUT2D eigenvalue weighted by molar-refractivity contribution is 6.16. The molecule has 17 heavy (non-hydrogen) atoms. The molecule has 7 heteroatoms. The van der Waals surface area contributed by atoms with E-state index in [4.69, 9.17) is 11.6 Å². The monoisotopic (exact) mass is 261 g/mol. The molecule has 1 heterocycles. The summed E-state index contributed by atoms with van der Waals surface area (Å²) in [7, 11) is 0. The summed E-state index contributed by atoms with van der Waals surface area (Å²) in [6.07, 6.45) is -2.77. The van der Waals surface area contributed by atoms with Gasteiger partial charge in [0.15, 0.2) is 0 Å². The van der Waals surface area contributed by atoms with E-state index in [9.17, 15) is 13.2 Å². The summed E-state index contributed by atoms with van der Waals surface area (Å²) in [6, 6.07) is 4.65. The first-order chi connectivity index (χ1) is 8.00. The van der Waals surface area contributed by atoms with Crippen LogP contribution in [0.2, 0.25) is 0 Å². The summed E-state index contributed by atoms with van der Waals surface area (Å²) in [5.41, 5.74) is 0.368. The van der Waals surface area contributed by atoms with Crippen LogP contribution in [0.4, 0.5) is 13.2 Å². The van der Waals surface area contributed by atoms with Crippen molar-refractivity contribution >= 4 is 11.6 Å². The van der Waals surface area contributed by atoms with Gasteiger partial charge in [-0.25, -0.2) is 4.68 Å². The summed E-state index contributed by atoms with van der Waals surface area (Å²) in [6.45, 7) is 0. The van der Waals surface area contributed by atoms with Gasteiger partial charge in [-0.3, -0.25) is 0 Å². The van der Waals surface area contributed by atoms with E-state index in [0.29, 0.717) is 11.4 Å². The van der Waals surface area contributed by atoms with E-state index in [1.165, 1.54) is 16.8 Å². The van der Waals surface area contributed by atoms with Crippen molar-refractivity contribution < 1.29 is 13.2 Å². The molecule has 0 N–H and O–H groups in total. The normalized spacial score (nSPS) is 11.8. The van der Waals surface area contributed by atoms with Gasteiger partial charge >= 0.3 is 6.18 Å². The summed E-state index contributed by atoms with van der Waals surface area (Å²) in [5, 5.41) is 7.49. The predicted octanol–water partition coefficient (Wildman–Crippen LogP) is 3.02. The summed E-state index contributed by atoms with van der Waals surface area (Å²) in [5.74, 6) is 0.209. The van der Waals surface area contributed by atoms with Crippen LogP contribution in [-0.4, -0.2) is 15.0 Å². The van der Waals surface area contributed by atoms with Crippen LogP contribution in [0.1, 0.15) is 11.3 Å². The molecule has 1 aromatic carbocycles. The van der Waals surface area contributed by atoms with E-state index in [1.54, 1.807) is 6.20 Å². The SMILES string of the molecule is FC(F)(F)c1ccc(-n2cc(CCl)nn2)cc1. The van der Waals surface area contributed by atoms with Crippen LogP contribution in [0.15, 0.2) is 30.5 Å². The molecule has 2 rings (SSSR count). The molecule has 0 unspecified atom stereocenters. The third-order valence-corrected chi connectivity index (χ3v) is 2.41. The van der Waals surface area contributed by atoms with Crippen molar-refractivity contribution in [2.75, 3.05) is 0 Å². The predicted molar refractivity (Wildman–Crippen MR) is 55.9 cm³/mol. The summed E-state index contributed by atoms with van der Waals surface area (Å²) in [4.78, 5) is 0. The minimum Gasteiger partial charge on any atom is -0.220 e. The maximum atomic E-state index is 12.3. The van der Waals surface area contributed by atoms with Crippen molar-refractivity contribution in [1.82, 2.24) is 15.0 Å². The van der Waals surface area contributed by atoms with Crippen molar-refractivity contribution in [3.8, 4) is 5.69 Å². The zero-order valence-corrected chi connectivity index (χ0v) is 9.20. The van der Waals surface area contributed by atoms with E-state index < -0.39 is 11.7 Å². The lowest BCUT2D eigenvalue weighted by molar-refractivity contribution is -0.137. The highest BCUT2D eigenvalue weighted by Crippen LogP contribution is 2.29. The second-order valence-corrected chi connectivity index (χ2v) is 3.60. The van der Waals surface area contributed by atoms with Crippen molar-refractivity contribution in [3.05, 3.63) is 41.7 Å². The van der Waals surface area contributed by atoms with E-state index >= 15 is 0 Å². The van der Waals surface area contributed by atoms with Gasteiger partial charge in [-0.2, -0.15) is 13.2 Å². The molecule has 0 bridgehead atoms. The van der Waals surface area contributed by atoms with Gasteiger partial charge in [0.1, 0.15) is 0 Å². The van der Waals surface area contributed by atoms with Crippen molar-refractivity contribution in [1.29, 1.82) is 0 Å². The van der Waals surface area contributed by atoms with Crippen LogP contribution in [0.25, 0.3) is 5.69 Å². The molecule has 0 aliphatic rings. The van der Waals surface area contributed by atoms with Crippen LogP contribution in [0, 0.1) is 0 Å². The van der Waals surface area contributed by atoms with Crippen LogP contribution >= 0.6 is 11.6 Å². The van der Waals surface area contributed by atoms with Crippen molar-refractivity contribution in [2.45, 2.75) is 12.1 Å². The Morgan fingerprint density at radius 1 is 1.18 bits per heavy atom. The van der Waals surface area contributed by atoms with Gasteiger partial charge < -0.3 is 0 Å². The highest BCUT2D eigenvalue weighted by atomic mass is 35.5. The number of rotatable bonds is 2. The maximum Gasteiger partial charge on any atom is 0.416 e. The molecular formula is C10H7ClF3N3. The summed E-state index contributed by atoms with van der Waals surface area (Å²) >= 11 is 5.55. The molecule has 0 saturated carbocycles. The lowest BCUT2D eigenvalue weighted by Gasteiger charge is -2.07. The first-order valence-corrected chi connectivity index (χ1v) is 5.19. The number of nitrogens with zero attached hydrogens (tertiary/aromatic N) is 3. The Bertz CT molecular complexity index is 504. The molecule has 3 nitrogen and oxygen atoms in total. The third kappa shape index (κ3) is 2.58. The smallest absolute Gasteiger partial charge is 0.220 e. The van der Waals surface area contributed by atoms with E-state index in [-0.39, 0.29) is 5.88 Å². The average Bonchev–Trinajstić information content (AvgIpc) is 2.76. The van der Waals surface area contributed by atoms with Crippen LogP contribution in [0.3, 0.4) is 0 Å². The topological polar surface area (TPSA) is 30.7 Å². The van der Waals surface area contributed by atoms with Crippen LogP contribution < -0.4 is 0 Å². The van der Waals surface area contributed by atoms with Gasteiger partial charge in [-0.15, -0.1) is 16.7 Å². The number of aromatic nitrogens is 3. The van der Waals surface area contributed by atoms with E-state index in [2.05, 4.69) is 10.3 Å². The van der Waals surface area contributed by atoms with Crippen molar-refractivity contribution in [2.24, 2.45) is 0 Å². The standard InChI is InChI=1S/C10H7ClF3N3/c11-5-8-6-17(16-15-8)9-3-1-7(2-4-9)10(12,13)14/h1-4,6H,5H2. The quantitative estimate of drug-likeness (QED) is 0.778. The maximum absolute atomic E-state index is 12.3. The molecule has 0 aliphatic heterocycles. The highest BCUT2D eigenvalue weighted by Gasteiger charge is 2.29. The molecule has 90 valence electrons. The number of hydrogen-bond donors (Lipinski definition) is 0. The minimum absolute atomic E-state index is 0.209. The minimum atomic E-state index is -4.33. The van der Waals surface area contributed by atoms with Gasteiger partial charge in [0.25, 0.3) is 0 Å². The largest absolute Gasteiger partial charge is 0.416 e. The number of alkyl halides is 4. The van der Waals surface area contributed by atoms with Gasteiger partial charge in [-0.05, 0) is 24.3 Å². The first-order valence-electron chi connectivity index (χ1n) is 4.65. The third-order valence-electron chi connectivity index (χ3n) is 2.14. The van der Waals surface area contributed by atoms with Gasteiger partial charge in [0, 0.05) is 0 Å². The van der Waals surface area contributed by atoms with Crippen molar-refractivity contribution in [3.63, 3.8) is 0 Å². The molecule has 0 amide bonds. The summed E-state index contributed by atoms with van der Waals surface area (Å²) < 4.78 is 38.4. The Kier molecular flexibility index (Phi) is 3.06. The van der Waals surface area contributed by atoms with Gasteiger partial charge in [-0.1, -0.05) is 5.21 Å². The molecular weight excluding hydrogens is 255 g/mol. The first kappa shape index (κ1) is 11.9. The number of hydrogen-bond acceptors (Lipinski definition) is 2. The Labute approximate surface area is 99.8 Å². The van der Waals surface area contributed by atoms with Gasteiger partial charge in [0.05, 0.1) is 29.0 Å². The fourth-order valence-corrected chi connectivity index (χ4v) is 1.41. The Morgan fingerprint density at radius 3 is 2.29 bits per heavy atom. The fourth-order valence-electron chi connectivity index (χ4n) is 1.29. The lowest BCUT2D eigenvalue weighted by atomic mass is 10.2. The Balaban J connectivity index is 2.29. The molecule has 0 saturated heterocycles. The second kappa shape index (κ2) is 4.37. The van der Waals surface area contributed by atoms with E-state index in [0.717, 1.165) is 12.1 Å². The molecule has 0 aliphatic carbocycles. The second-order valence-electron chi connectivity index (χ2n) is 3.33. The molecule has 1 aromatic heterocycles. The molecule has 0 spiro atoms. The lowest BCUT2D eigenvalue weighted by Crippen LogP contribution is -2.05. The average molecular weight is 262 g/mol. The molecule has 0 radical (unpaired) electrons. The van der Waals surface area contributed by atoms with Crippen LogP contribution in [0.5, 0.6) is 0 Å². The Hall–Kier alpha value is -1.56.